The standard InChI is InChI=1S/C18H32N4O4S/c1-3-17(23)19-10-7-11-20(2)27(25,26)16-8-14-22(15-9-16)18(24)21-12-5-4-6-13-21/h3,16H,1,4-15H2,2H3,(H,19,23). The first-order chi connectivity index (χ1) is 12.9. The van der Waals surface area contributed by atoms with E-state index in [0.29, 0.717) is 45.4 Å². The summed E-state index contributed by atoms with van der Waals surface area (Å²) in [6, 6.07) is 0.0527. The van der Waals surface area contributed by atoms with Crippen LogP contribution in [0.1, 0.15) is 38.5 Å². The van der Waals surface area contributed by atoms with Gasteiger partial charge in [-0.1, -0.05) is 6.58 Å². The van der Waals surface area contributed by atoms with Crippen molar-refractivity contribution in [2.45, 2.75) is 43.8 Å². The number of likely N-dealkylation sites (tertiary alicyclic amines) is 2. The lowest BCUT2D eigenvalue weighted by Gasteiger charge is -2.37. The first kappa shape index (κ1) is 21.7. The highest BCUT2D eigenvalue weighted by Crippen LogP contribution is 2.22. The van der Waals surface area contributed by atoms with Gasteiger partial charge >= 0.3 is 6.03 Å². The van der Waals surface area contributed by atoms with Crippen molar-refractivity contribution < 1.29 is 18.0 Å². The quantitative estimate of drug-likeness (QED) is 0.510. The van der Waals surface area contributed by atoms with Gasteiger partial charge in [0.2, 0.25) is 15.9 Å². The van der Waals surface area contributed by atoms with Crippen LogP contribution in [0.2, 0.25) is 0 Å². The number of sulfonamides is 1. The number of rotatable bonds is 7. The van der Waals surface area contributed by atoms with Crippen LogP contribution in [0.15, 0.2) is 12.7 Å². The van der Waals surface area contributed by atoms with Gasteiger partial charge in [-0.2, -0.15) is 0 Å². The van der Waals surface area contributed by atoms with Crippen LogP contribution in [0, 0.1) is 0 Å². The molecule has 0 radical (unpaired) electrons. The molecule has 0 aromatic rings. The molecule has 2 heterocycles. The molecule has 1 N–H and O–H groups in total. The molecule has 27 heavy (non-hydrogen) atoms. The van der Waals surface area contributed by atoms with Crippen molar-refractivity contribution in [3.05, 3.63) is 12.7 Å². The zero-order valence-corrected chi connectivity index (χ0v) is 17.0. The number of hydrogen-bond acceptors (Lipinski definition) is 4. The lowest BCUT2D eigenvalue weighted by atomic mass is 10.1. The third-order valence-electron chi connectivity index (χ3n) is 5.33. The van der Waals surface area contributed by atoms with E-state index in [9.17, 15) is 18.0 Å². The first-order valence-electron chi connectivity index (χ1n) is 9.75. The summed E-state index contributed by atoms with van der Waals surface area (Å²) in [5.41, 5.74) is 0. The Labute approximate surface area is 162 Å². The van der Waals surface area contributed by atoms with E-state index < -0.39 is 15.3 Å². The highest BCUT2D eigenvalue weighted by atomic mass is 32.2. The molecule has 9 heteroatoms. The van der Waals surface area contributed by atoms with Crippen LogP contribution in [0.3, 0.4) is 0 Å². The lowest BCUT2D eigenvalue weighted by Crippen LogP contribution is -2.51. The molecular weight excluding hydrogens is 368 g/mol. The monoisotopic (exact) mass is 400 g/mol. The van der Waals surface area contributed by atoms with Gasteiger partial charge in [0.1, 0.15) is 0 Å². The molecule has 0 aromatic heterocycles. The number of carbonyl (C=O) groups excluding carboxylic acids is 2. The zero-order valence-electron chi connectivity index (χ0n) is 16.2. The molecule has 2 aliphatic heterocycles. The van der Waals surface area contributed by atoms with Gasteiger partial charge < -0.3 is 15.1 Å². The molecule has 0 spiro atoms. The van der Waals surface area contributed by atoms with E-state index in [2.05, 4.69) is 11.9 Å². The summed E-state index contributed by atoms with van der Waals surface area (Å²) in [5.74, 6) is -0.258. The van der Waals surface area contributed by atoms with E-state index in [1.165, 1.54) is 16.8 Å². The van der Waals surface area contributed by atoms with Crippen molar-refractivity contribution in [2.24, 2.45) is 0 Å². The molecule has 2 saturated heterocycles. The van der Waals surface area contributed by atoms with Crippen molar-refractivity contribution in [1.29, 1.82) is 0 Å². The maximum atomic E-state index is 12.8. The maximum Gasteiger partial charge on any atom is 0.319 e. The molecule has 8 nitrogen and oxygen atoms in total. The molecular formula is C18H32N4O4S. The Kier molecular flexibility index (Phi) is 8.09. The van der Waals surface area contributed by atoms with Gasteiger partial charge in [0.05, 0.1) is 5.25 Å². The van der Waals surface area contributed by atoms with Gasteiger partial charge in [0.25, 0.3) is 0 Å². The molecule has 0 unspecified atom stereocenters. The number of nitrogens with zero attached hydrogens (tertiary/aromatic N) is 3. The number of urea groups is 1. The summed E-state index contributed by atoms with van der Waals surface area (Å²) < 4.78 is 26.9. The minimum atomic E-state index is -3.39. The summed E-state index contributed by atoms with van der Waals surface area (Å²) >= 11 is 0. The molecule has 0 atom stereocenters. The van der Waals surface area contributed by atoms with Gasteiger partial charge in [-0.15, -0.1) is 0 Å². The average molecular weight is 401 g/mol. The average Bonchev–Trinajstić information content (AvgIpc) is 2.70. The minimum absolute atomic E-state index is 0.0527. The summed E-state index contributed by atoms with van der Waals surface area (Å²) in [5, 5.41) is 2.19. The summed E-state index contributed by atoms with van der Waals surface area (Å²) in [7, 11) is -1.81. The van der Waals surface area contributed by atoms with Gasteiger partial charge in [-0.05, 0) is 44.6 Å². The van der Waals surface area contributed by atoms with E-state index in [1.807, 2.05) is 4.90 Å². The third kappa shape index (κ3) is 5.93. The summed E-state index contributed by atoms with van der Waals surface area (Å²) in [4.78, 5) is 27.3. The number of amides is 3. The predicted molar refractivity (Wildman–Crippen MR) is 105 cm³/mol. The van der Waals surface area contributed by atoms with Crippen LogP contribution in [-0.2, 0) is 14.8 Å². The number of hydrogen-bond donors (Lipinski definition) is 1. The highest BCUT2D eigenvalue weighted by molar-refractivity contribution is 7.89. The lowest BCUT2D eigenvalue weighted by molar-refractivity contribution is -0.116. The van der Waals surface area contributed by atoms with Crippen molar-refractivity contribution in [3.8, 4) is 0 Å². The highest BCUT2D eigenvalue weighted by Gasteiger charge is 2.35. The molecule has 0 bridgehead atoms. The molecule has 2 fully saturated rings. The third-order valence-corrected chi connectivity index (χ3v) is 7.69. The molecule has 3 amide bonds. The van der Waals surface area contributed by atoms with E-state index in [0.717, 1.165) is 25.9 Å². The van der Waals surface area contributed by atoms with E-state index in [1.54, 1.807) is 11.9 Å². The predicted octanol–water partition coefficient (Wildman–Crippen LogP) is 1.01. The van der Waals surface area contributed by atoms with E-state index in [-0.39, 0.29) is 11.9 Å². The number of nitrogens with one attached hydrogen (secondary N) is 1. The van der Waals surface area contributed by atoms with Gasteiger partial charge in [-0.25, -0.2) is 17.5 Å². The van der Waals surface area contributed by atoms with Crippen LogP contribution in [0.4, 0.5) is 4.79 Å². The van der Waals surface area contributed by atoms with Crippen LogP contribution >= 0.6 is 0 Å². The van der Waals surface area contributed by atoms with Crippen LogP contribution in [0.25, 0.3) is 0 Å². The van der Waals surface area contributed by atoms with Crippen molar-refractivity contribution in [1.82, 2.24) is 19.4 Å². The zero-order chi connectivity index (χ0) is 19.9. The topological polar surface area (TPSA) is 90.0 Å². The molecule has 2 aliphatic rings. The fourth-order valence-electron chi connectivity index (χ4n) is 3.60. The first-order valence-corrected chi connectivity index (χ1v) is 11.3. The van der Waals surface area contributed by atoms with Crippen molar-refractivity contribution >= 4 is 22.0 Å². The van der Waals surface area contributed by atoms with Gasteiger partial charge in [-0.3, -0.25) is 4.79 Å². The van der Waals surface area contributed by atoms with E-state index >= 15 is 0 Å². The van der Waals surface area contributed by atoms with Gasteiger partial charge in [0.15, 0.2) is 0 Å². The van der Waals surface area contributed by atoms with Crippen molar-refractivity contribution in [2.75, 3.05) is 46.3 Å². The largest absolute Gasteiger partial charge is 0.353 e. The van der Waals surface area contributed by atoms with Crippen LogP contribution in [-0.4, -0.2) is 86.0 Å². The SMILES string of the molecule is C=CC(=O)NCCCN(C)S(=O)(=O)C1CCN(C(=O)N2CCCCC2)CC1. The van der Waals surface area contributed by atoms with Crippen LogP contribution in [0.5, 0.6) is 0 Å². The summed E-state index contributed by atoms with van der Waals surface area (Å²) in [6.07, 6.45) is 5.96. The Morgan fingerprint density at radius 1 is 1.11 bits per heavy atom. The normalized spacial score (nSPS) is 19.2. The Balaban J connectivity index is 1.78. The van der Waals surface area contributed by atoms with Gasteiger partial charge in [0, 0.05) is 46.3 Å². The fraction of sp³-hybridized carbons (Fsp3) is 0.778. The molecule has 154 valence electrons. The number of piperidine rings is 2. The minimum Gasteiger partial charge on any atom is -0.353 e. The fourth-order valence-corrected chi connectivity index (χ4v) is 5.30. The Morgan fingerprint density at radius 3 is 2.30 bits per heavy atom. The molecule has 0 aliphatic carbocycles. The second-order valence-corrected chi connectivity index (χ2v) is 9.55. The second kappa shape index (κ2) is 10.1. The smallest absolute Gasteiger partial charge is 0.319 e. The second-order valence-electron chi connectivity index (χ2n) is 7.23. The maximum absolute atomic E-state index is 12.8. The Morgan fingerprint density at radius 2 is 1.70 bits per heavy atom. The van der Waals surface area contributed by atoms with Crippen molar-refractivity contribution in [3.63, 3.8) is 0 Å². The Bertz CT molecular complexity index is 623. The van der Waals surface area contributed by atoms with Crippen LogP contribution < -0.4 is 5.32 Å². The Hall–Kier alpha value is -1.61. The molecule has 0 saturated carbocycles. The number of carbonyl (C=O) groups is 2. The van der Waals surface area contributed by atoms with E-state index in [4.69, 9.17) is 0 Å². The summed E-state index contributed by atoms with van der Waals surface area (Å²) in [6.45, 7) is 6.73. The molecule has 0 aromatic carbocycles. The molecule has 2 rings (SSSR count).